The maximum atomic E-state index is 12.5. The first-order chi connectivity index (χ1) is 11.1. The van der Waals surface area contributed by atoms with Gasteiger partial charge >= 0.3 is 0 Å². The summed E-state index contributed by atoms with van der Waals surface area (Å²) in [7, 11) is 3.02. The molecule has 0 saturated carbocycles. The summed E-state index contributed by atoms with van der Waals surface area (Å²) in [5, 5.41) is 3.80. The Hall–Kier alpha value is -2.31. The summed E-state index contributed by atoms with van der Waals surface area (Å²) in [6, 6.07) is 10.6. The second-order valence-corrected chi connectivity index (χ2v) is 6.04. The Balaban J connectivity index is 1.93. The van der Waals surface area contributed by atoms with E-state index in [1.807, 2.05) is 12.1 Å². The lowest BCUT2D eigenvalue weighted by atomic mass is 10.1. The molecule has 0 atom stereocenters. The molecule has 0 aliphatic heterocycles. The maximum absolute atomic E-state index is 12.5. The van der Waals surface area contributed by atoms with Crippen molar-refractivity contribution in [3.63, 3.8) is 0 Å². The molecule has 0 aliphatic carbocycles. The van der Waals surface area contributed by atoms with Crippen molar-refractivity contribution in [2.45, 2.75) is 0 Å². The van der Waals surface area contributed by atoms with E-state index in [2.05, 4.69) is 10.3 Å². The molecule has 0 spiro atoms. The van der Waals surface area contributed by atoms with Crippen LogP contribution in [-0.2, 0) is 0 Å². The summed E-state index contributed by atoms with van der Waals surface area (Å²) in [5.74, 6) is 0.551. The van der Waals surface area contributed by atoms with Gasteiger partial charge in [-0.2, -0.15) is 0 Å². The average Bonchev–Trinajstić information content (AvgIpc) is 2.97. The van der Waals surface area contributed by atoms with Crippen molar-refractivity contribution in [1.82, 2.24) is 4.98 Å². The van der Waals surface area contributed by atoms with Gasteiger partial charge in [0.1, 0.15) is 5.52 Å². The number of carbonyl (C=O) groups excluding carboxylic acids is 1. The molecule has 0 bridgehead atoms. The number of nitrogens with one attached hydrogen (secondary N) is 1. The smallest absolute Gasteiger partial charge is 0.261 e. The zero-order valence-corrected chi connectivity index (χ0v) is 14.0. The van der Waals surface area contributed by atoms with Crippen LogP contribution in [0.3, 0.4) is 0 Å². The van der Waals surface area contributed by atoms with Crippen LogP contribution in [0.2, 0.25) is 5.02 Å². The Labute approximate surface area is 141 Å². The number of benzene rings is 2. The van der Waals surface area contributed by atoms with Gasteiger partial charge in [-0.05, 0) is 24.3 Å². The molecular formula is C16H13ClN2O3S. The molecule has 1 aromatic heterocycles. The van der Waals surface area contributed by atoms with Gasteiger partial charge in [-0.15, -0.1) is 0 Å². The minimum atomic E-state index is -0.323. The van der Waals surface area contributed by atoms with Crippen molar-refractivity contribution in [2.75, 3.05) is 19.5 Å². The first kappa shape index (κ1) is 15.6. The highest BCUT2D eigenvalue weighted by Crippen LogP contribution is 2.33. The number of halogens is 1. The van der Waals surface area contributed by atoms with Gasteiger partial charge in [0.05, 0.1) is 29.5 Å². The van der Waals surface area contributed by atoms with Gasteiger partial charge in [0.2, 0.25) is 0 Å². The molecule has 23 heavy (non-hydrogen) atoms. The van der Waals surface area contributed by atoms with Crippen LogP contribution in [0.25, 0.3) is 10.2 Å². The van der Waals surface area contributed by atoms with Crippen molar-refractivity contribution in [1.29, 1.82) is 0 Å². The Bertz CT molecular complexity index is 879. The second kappa shape index (κ2) is 6.44. The molecule has 0 radical (unpaired) electrons. The zero-order chi connectivity index (χ0) is 16.4. The minimum absolute atomic E-state index is 0.323. The molecule has 0 fully saturated rings. The quantitative estimate of drug-likeness (QED) is 0.766. The van der Waals surface area contributed by atoms with E-state index in [0.29, 0.717) is 32.7 Å². The number of ether oxygens (including phenoxy) is 2. The summed E-state index contributed by atoms with van der Waals surface area (Å²) >= 11 is 7.46. The molecule has 0 aliphatic rings. The Morgan fingerprint density at radius 1 is 1.17 bits per heavy atom. The number of anilines is 1. The van der Waals surface area contributed by atoms with E-state index in [1.54, 1.807) is 24.3 Å². The second-order valence-electron chi connectivity index (χ2n) is 4.60. The number of para-hydroxylation sites is 2. The monoisotopic (exact) mass is 348 g/mol. The lowest BCUT2D eigenvalue weighted by Gasteiger charge is -2.11. The van der Waals surface area contributed by atoms with Crippen molar-refractivity contribution >= 4 is 44.2 Å². The number of hydrogen-bond donors (Lipinski definition) is 1. The number of carbonyl (C=O) groups is 1. The summed E-state index contributed by atoms with van der Waals surface area (Å²) in [6.45, 7) is 0. The summed E-state index contributed by atoms with van der Waals surface area (Å²) in [6.07, 6.45) is 0. The van der Waals surface area contributed by atoms with Crippen LogP contribution >= 0.6 is 22.9 Å². The van der Waals surface area contributed by atoms with Gasteiger partial charge in [-0.1, -0.05) is 35.1 Å². The van der Waals surface area contributed by atoms with Crippen LogP contribution in [0.15, 0.2) is 36.4 Å². The SMILES string of the molecule is COc1cccc(C(=O)Nc2nc3c(Cl)cccc3s2)c1OC. The predicted octanol–water partition coefficient (Wildman–Crippen LogP) is 4.22. The van der Waals surface area contributed by atoms with Gasteiger partial charge in [0.25, 0.3) is 5.91 Å². The molecule has 1 N–H and O–H groups in total. The fraction of sp³-hybridized carbons (Fsp3) is 0.125. The van der Waals surface area contributed by atoms with E-state index in [-0.39, 0.29) is 5.91 Å². The molecule has 3 rings (SSSR count). The topological polar surface area (TPSA) is 60.5 Å². The van der Waals surface area contributed by atoms with Gasteiger partial charge in [-0.25, -0.2) is 4.98 Å². The fourth-order valence-electron chi connectivity index (χ4n) is 2.20. The number of nitrogens with zero attached hydrogens (tertiary/aromatic N) is 1. The normalized spacial score (nSPS) is 10.6. The summed E-state index contributed by atoms with van der Waals surface area (Å²) in [4.78, 5) is 16.9. The average molecular weight is 349 g/mol. The van der Waals surface area contributed by atoms with Crippen molar-refractivity contribution in [3.05, 3.63) is 47.0 Å². The molecule has 118 valence electrons. The molecular weight excluding hydrogens is 336 g/mol. The van der Waals surface area contributed by atoms with Crippen molar-refractivity contribution in [2.24, 2.45) is 0 Å². The van der Waals surface area contributed by atoms with Crippen LogP contribution in [0, 0.1) is 0 Å². The van der Waals surface area contributed by atoms with Gasteiger partial charge in [-0.3, -0.25) is 10.1 Å². The molecule has 7 heteroatoms. The number of rotatable bonds is 4. The van der Waals surface area contributed by atoms with Gasteiger partial charge in [0.15, 0.2) is 16.6 Å². The van der Waals surface area contributed by atoms with Crippen LogP contribution in [-0.4, -0.2) is 25.1 Å². The first-order valence-corrected chi connectivity index (χ1v) is 7.91. The largest absolute Gasteiger partial charge is 0.493 e. The number of amides is 1. The summed E-state index contributed by atoms with van der Waals surface area (Å²) in [5.41, 5.74) is 1.05. The van der Waals surface area contributed by atoms with E-state index in [1.165, 1.54) is 25.6 Å². The molecule has 0 saturated heterocycles. The Kier molecular flexibility index (Phi) is 4.36. The summed E-state index contributed by atoms with van der Waals surface area (Å²) < 4.78 is 11.4. The van der Waals surface area contributed by atoms with Gasteiger partial charge < -0.3 is 9.47 Å². The van der Waals surface area contributed by atoms with Crippen LogP contribution in [0.5, 0.6) is 11.5 Å². The van der Waals surface area contributed by atoms with Crippen molar-refractivity contribution < 1.29 is 14.3 Å². The highest BCUT2D eigenvalue weighted by atomic mass is 35.5. The van der Waals surface area contributed by atoms with Gasteiger partial charge in [0, 0.05) is 0 Å². The third-order valence-electron chi connectivity index (χ3n) is 3.24. The standard InChI is InChI=1S/C16H13ClN2O3S/c1-21-11-7-3-5-9(14(11)22-2)15(20)19-16-18-13-10(17)6-4-8-12(13)23-16/h3-8H,1-2H3,(H,18,19,20). The van der Waals surface area contributed by atoms with E-state index < -0.39 is 0 Å². The lowest BCUT2D eigenvalue weighted by molar-refractivity contribution is 0.102. The van der Waals surface area contributed by atoms with Crippen LogP contribution < -0.4 is 14.8 Å². The van der Waals surface area contributed by atoms with E-state index in [4.69, 9.17) is 21.1 Å². The molecule has 1 amide bonds. The van der Waals surface area contributed by atoms with E-state index in [0.717, 1.165) is 4.70 Å². The van der Waals surface area contributed by atoms with Crippen molar-refractivity contribution in [3.8, 4) is 11.5 Å². The first-order valence-electron chi connectivity index (χ1n) is 6.71. The lowest BCUT2D eigenvalue weighted by Crippen LogP contribution is -2.13. The van der Waals surface area contributed by atoms with E-state index in [9.17, 15) is 4.79 Å². The number of fused-ring (bicyclic) bond motifs is 1. The molecule has 2 aromatic carbocycles. The fourth-order valence-corrected chi connectivity index (χ4v) is 3.36. The van der Waals surface area contributed by atoms with Crippen LogP contribution in [0.4, 0.5) is 5.13 Å². The molecule has 3 aromatic rings. The number of aromatic nitrogens is 1. The van der Waals surface area contributed by atoms with Crippen LogP contribution in [0.1, 0.15) is 10.4 Å². The molecule has 0 unspecified atom stereocenters. The molecule has 5 nitrogen and oxygen atoms in total. The zero-order valence-electron chi connectivity index (χ0n) is 12.4. The van der Waals surface area contributed by atoms with E-state index >= 15 is 0 Å². The third kappa shape index (κ3) is 2.95. The Morgan fingerprint density at radius 2 is 1.96 bits per heavy atom. The highest BCUT2D eigenvalue weighted by molar-refractivity contribution is 7.22. The third-order valence-corrected chi connectivity index (χ3v) is 4.48. The Morgan fingerprint density at radius 3 is 2.65 bits per heavy atom. The highest BCUT2D eigenvalue weighted by Gasteiger charge is 2.18. The number of thiazole rings is 1. The minimum Gasteiger partial charge on any atom is -0.493 e. The maximum Gasteiger partial charge on any atom is 0.261 e. The number of hydrogen-bond acceptors (Lipinski definition) is 5. The predicted molar refractivity (Wildman–Crippen MR) is 92.1 cm³/mol. The number of methoxy groups -OCH3 is 2. The molecule has 1 heterocycles.